The maximum Gasteiger partial charge on any atom is 0.212 e. The lowest BCUT2D eigenvalue weighted by atomic mass is 9.88. The molecule has 4 heteroatoms. The number of ketones is 2. The quantitative estimate of drug-likeness (QED) is 0.560. The molecule has 76 valence electrons. The Morgan fingerprint density at radius 2 is 1.56 bits per heavy atom. The zero-order chi connectivity index (χ0) is 11.1. The molecule has 2 aromatic rings. The molecule has 0 aliphatic heterocycles. The third kappa shape index (κ3) is 1.04. The topological polar surface area (TPSA) is 59.9 Å². The minimum atomic E-state index is -0.215. The van der Waals surface area contributed by atoms with Crippen LogP contribution in [0.5, 0.6) is 0 Å². The number of hydrogen-bond donors (Lipinski definition) is 0. The SMILES string of the molecule is O=C1c2ccccc2C(=O)c2ncncc21. The van der Waals surface area contributed by atoms with E-state index in [0.29, 0.717) is 11.1 Å². The first-order valence-electron chi connectivity index (χ1n) is 4.77. The van der Waals surface area contributed by atoms with Crippen LogP contribution in [0, 0.1) is 0 Å². The van der Waals surface area contributed by atoms with Gasteiger partial charge in [-0.15, -0.1) is 0 Å². The molecule has 0 amide bonds. The van der Waals surface area contributed by atoms with E-state index in [-0.39, 0.29) is 22.8 Å². The van der Waals surface area contributed by atoms with E-state index in [1.54, 1.807) is 24.3 Å². The standard InChI is InChI=1S/C12H6N2O2/c15-11-7-3-1-2-4-8(7)12(16)10-9(11)5-13-6-14-10/h1-6H. The Morgan fingerprint density at radius 3 is 2.31 bits per heavy atom. The number of carbonyl (C=O) groups is 2. The van der Waals surface area contributed by atoms with E-state index < -0.39 is 0 Å². The van der Waals surface area contributed by atoms with Gasteiger partial charge in [0.1, 0.15) is 12.0 Å². The predicted molar refractivity (Wildman–Crippen MR) is 55.3 cm³/mol. The summed E-state index contributed by atoms with van der Waals surface area (Å²) < 4.78 is 0. The molecule has 0 unspecified atom stereocenters. The molecule has 0 radical (unpaired) electrons. The van der Waals surface area contributed by atoms with Gasteiger partial charge in [-0.2, -0.15) is 0 Å². The van der Waals surface area contributed by atoms with Gasteiger partial charge in [-0.3, -0.25) is 9.59 Å². The van der Waals surface area contributed by atoms with E-state index in [0.717, 1.165) is 0 Å². The largest absolute Gasteiger partial charge is 0.288 e. The Bertz CT molecular complexity index is 514. The summed E-state index contributed by atoms with van der Waals surface area (Å²) in [6, 6.07) is 6.75. The summed E-state index contributed by atoms with van der Waals surface area (Å²) in [5.74, 6) is -0.404. The molecular formula is C12H6N2O2. The number of fused-ring (bicyclic) bond motifs is 2. The van der Waals surface area contributed by atoms with Gasteiger partial charge in [0.15, 0.2) is 5.78 Å². The number of rotatable bonds is 0. The molecule has 0 spiro atoms. The van der Waals surface area contributed by atoms with Crippen molar-refractivity contribution in [2.24, 2.45) is 0 Å². The third-order valence-electron chi connectivity index (χ3n) is 2.59. The normalized spacial score (nSPS) is 13.2. The summed E-state index contributed by atoms with van der Waals surface area (Å²) in [7, 11) is 0. The van der Waals surface area contributed by atoms with Crippen molar-refractivity contribution in [1.29, 1.82) is 0 Å². The van der Waals surface area contributed by atoms with Crippen molar-refractivity contribution in [3.63, 3.8) is 0 Å². The summed E-state index contributed by atoms with van der Waals surface area (Å²) in [6.07, 6.45) is 2.66. The lowest BCUT2D eigenvalue weighted by molar-refractivity contribution is 0.0975. The summed E-state index contributed by atoms with van der Waals surface area (Å²) in [6.45, 7) is 0. The molecule has 16 heavy (non-hydrogen) atoms. The van der Waals surface area contributed by atoms with Crippen molar-refractivity contribution in [3.8, 4) is 0 Å². The monoisotopic (exact) mass is 210 g/mol. The van der Waals surface area contributed by atoms with Gasteiger partial charge in [-0.25, -0.2) is 9.97 Å². The fourth-order valence-electron chi connectivity index (χ4n) is 1.83. The van der Waals surface area contributed by atoms with E-state index in [2.05, 4.69) is 9.97 Å². The lowest BCUT2D eigenvalue weighted by Gasteiger charge is -2.14. The average molecular weight is 210 g/mol. The second-order valence-electron chi connectivity index (χ2n) is 3.49. The maximum absolute atomic E-state index is 12.0. The molecule has 0 N–H and O–H groups in total. The molecule has 0 saturated heterocycles. The van der Waals surface area contributed by atoms with Crippen LogP contribution in [-0.4, -0.2) is 21.5 Å². The van der Waals surface area contributed by atoms with Crippen molar-refractivity contribution < 1.29 is 9.59 Å². The predicted octanol–water partition coefficient (Wildman–Crippen LogP) is 1.25. The first kappa shape index (κ1) is 8.91. The van der Waals surface area contributed by atoms with Gasteiger partial charge in [0.05, 0.1) is 5.56 Å². The highest BCUT2D eigenvalue weighted by Gasteiger charge is 2.30. The minimum absolute atomic E-state index is 0.189. The molecule has 1 aliphatic carbocycles. The van der Waals surface area contributed by atoms with Crippen LogP contribution in [0.15, 0.2) is 36.8 Å². The van der Waals surface area contributed by atoms with Crippen molar-refractivity contribution in [2.45, 2.75) is 0 Å². The van der Waals surface area contributed by atoms with Crippen molar-refractivity contribution in [1.82, 2.24) is 9.97 Å². The highest BCUT2D eigenvalue weighted by Crippen LogP contribution is 2.24. The Morgan fingerprint density at radius 1 is 0.875 bits per heavy atom. The van der Waals surface area contributed by atoms with Gasteiger partial charge < -0.3 is 0 Å². The number of aromatic nitrogens is 2. The van der Waals surface area contributed by atoms with E-state index in [4.69, 9.17) is 0 Å². The number of hydrogen-bond acceptors (Lipinski definition) is 4. The van der Waals surface area contributed by atoms with Gasteiger partial charge in [0.2, 0.25) is 5.78 Å². The average Bonchev–Trinajstić information content (AvgIpc) is 2.36. The highest BCUT2D eigenvalue weighted by molar-refractivity contribution is 6.27. The van der Waals surface area contributed by atoms with Crippen LogP contribution in [0.4, 0.5) is 0 Å². The van der Waals surface area contributed by atoms with Gasteiger partial charge >= 0.3 is 0 Å². The molecule has 0 atom stereocenters. The molecule has 0 bridgehead atoms. The molecule has 0 saturated carbocycles. The van der Waals surface area contributed by atoms with Gasteiger partial charge in [0.25, 0.3) is 0 Å². The van der Waals surface area contributed by atoms with E-state index in [1.807, 2.05) is 0 Å². The molecular weight excluding hydrogens is 204 g/mol. The summed E-state index contributed by atoms with van der Waals surface area (Å²) in [4.78, 5) is 31.7. The lowest BCUT2D eigenvalue weighted by Crippen LogP contribution is -2.22. The van der Waals surface area contributed by atoms with Crippen LogP contribution in [-0.2, 0) is 0 Å². The number of nitrogens with zero attached hydrogens (tertiary/aromatic N) is 2. The summed E-state index contributed by atoms with van der Waals surface area (Å²) >= 11 is 0. The molecule has 3 rings (SSSR count). The highest BCUT2D eigenvalue weighted by atomic mass is 16.1. The van der Waals surface area contributed by atoms with Crippen LogP contribution in [0.1, 0.15) is 32.0 Å². The first-order valence-corrected chi connectivity index (χ1v) is 4.77. The summed E-state index contributed by atoms with van der Waals surface area (Å²) in [5.41, 5.74) is 1.32. The molecule has 4 nitrogen and oxygen atoms in total. The second kappa shape index (κ2) is 3.06. The van der Waals surface area contributed by atoms with Crippen molar-refractivity contribution in [2.75, 3.05) is 0 Å². The molecule has 1 aliphatic rings. The smallest absolute Gasteiger partial charge is 0.212 e. The van der Waals surface area contributed by atoms with Crippen LogP contribution in [0.3, 0.4) is 0 Å². The van der Waals surface area contributed by atoms with E-state index in [1.165, 1.54) is 12.5 Å². The Balaban J connectivity index is 2.35. The van der Waals surface area contributed by atoms with E-state index in [9.17, 15) is 9.59 Å². The molecule has 1 heterocycles. The van der Waals surface area contributed by atoms with Crippen LogP contribution < -0.4 is 0 Å². The number of benzene rings is 1. The van der Waals surface area contributed by atoms with Gasteiger partial charge in [-0.05, 0) is 0 Å². The molecule has 0 fully saturated rings. The van der Waals surface area contributed by atoms with Crippen molar-refractivity contribution in [3.05, 3.63) is 59.2 Å². The fourth-order valence-corrected chi connectivity index (χ4v) is 1.83. The Kier molecular flexibility index (Phi) is 1.71. The Labute approximate surface area is 91.0 Å². The van der Waals surface area contributed by atoms with Crippen LogP contribution in [0.2, 0.25) is 0 Å². The molecule has 1 aromatic carbocycles. The maximum atomic E-state index is 12.0. The van der Waals surface area contributed by atoms with Crippen LogP contribution in [0.25, 0.3) is 0 Å². The second-order valence-corrected chi connectivity index (χ2v) is 3.49. The first-order chi connectivity index (χ1) is 7.79. The minimum Gasteiger partial charge on any atom is -0.288 e. The zero-order valence-electron chi connectivity index (χ0n) is 8.18. The van der Waals surface area contributed by atoms with Crippen molar-refractivity contribution >= 4 is 11.6 Å². The van der Waals surface area contributed by atoms with Gasteiger partial charge in [-0.1, -0.05) is 24.3 Å². The van der Waals surface area contributed by atoms with E-state index >= 15 is 0 Å². The zero-order valence-corrected chi connectivity index (χ0v) is 8.18. The summed E-state index contributed by atoms with van der Waals surface area (Å²) in [5, 5.41) is 0. The Hall–Kier alpha value is -2.36. The third-order valence-corrected chi connectivity index (χ3v) is 2.59. The fraction of sp³-hybridized carbons (Fsp3) is 0. The molecule has 1 aromatic heterocycles. The number of carbonyl (C=O) groups excluding carboxylic acids is 2. The van der Waals surface area contributed by atoms with Crippen LogP contribution >= 0.6 is 0 Å². The van der Waals surface area contributed by atoms with Gasteiger partial charge in [0, 0.05) is 17.3 Å².